The summed E-state index contributed by atoms with van der Waals surface area (Å²) in [5.74, 6) is 1.21. The van der Waals surface area contributed by atoms with Crippen LogP contribution in [0.3, 0.4) is 0 Å². The first-order chi connectivity index (χ1) is 12.9. The highest BCUT2D eigenvalue weighted by Gasteiger charge is 2.00. The van der Waals surface area contributed by atoms with Gasteiger partial charge in [-0.3, -0.25) is 0 Å². The Morgan fingerprint density at radius 3 is 2.04 bits per heavy atom. The van der Waals surface area contributed by atoms with E-state index in [9.17, 15) is 0 Å². The lowest BCUT2D eigenvalue weighted by Gasteiger charge is -2.05. The number of aryl methyl sites for hydroxylation is 1. The molecule has 2 heteroatoms. The number of imidazole rings is 1. The summed E-state index contributed by atoms with van der Waals surface area (Å²) in [7, 11) is 0. The molecule has 26 heavy (non-hydrogen) atoms. The summed E-state index contributed by atoms with van der Waals surface area (Å²) in [5, 5.41) is 0. The maximum Gasteiger partial charge on any atom is 0.108 e. The minimum atomic E-state index is 0.877. The lowest BCUT2D eigenvalue weighted by Crippen LogP contribution is -2.01. The van der Waals surface area contributed by atoms with Gasteiger partial charge in [-0.25, -0.2) is 4.98 Å². The molecule has 1 aromatic rings. The van der Waals surface area contributed by atoms with E-state index in [1.807, 2.05) is 12.3 Å². The number of unbranched alkanes of at least 4 members (excludes halogenated alkanes) is 12. The van der Waals surface area contributed by atoms with Crippen LogP contribution in [0.15, 0.2) is 37.2 Å². The van der Waals surface area contributed by atoms with Crippen molar-refractivity contribution in [1.29, 1.82) is 0 Å². The molecule has 2 nitrogen and oxygen atoms in total. The van der Waals surface area contributed by atoms with Gasteiger partial charge in [0.1, 0.15) is 5.82 Å². The fourth-order valence-corrected chi connectivity index (χ4v) is 3.40. The first kappa shape index (κ1) is 22.7. The maximum absolute atomic E-state index is 4.45. The van der Waals surface area contributed by atoms with Crippen molar-refractivity contribution in [3.63, 3.8) is 0 Å². The average molecular weight is 359 g/mol. The molecule has 1 rings (SSSR count). The summed E-state index contributed by atoms with van der Waals surface area (Å²) in [5.41, 5.74) is 0. The minimum absolute atomic E-state index is 0.877. The van der Waals surface area contributed by atoms with Crippen LogP contribution in [-0.2, 0) is 13.0 Å². The number of allylic oxidation sites excluding steroid dienone is 3. The fourth-order valence-electron chi connectivity index (χ4n) is 3.40. The number of rotatable bonds is 18. The molecule has 148 valence electrons. The first-order valence-electron chi connectivity index (χ1n) is 11.1. The Hall–Kier alpha value is -1.31. The van der Waals surface area contributed by atoms with Crippen LogP contribution in [0.25, 0.3) is 0 Å². The van der Waals surface area contributed by atoms with E-state index in [2.05, 4.69) is 41.4 Å². The lowest BCUT2D eigenvalue weighted by atomic mass is 10.1. The molecule has 0 saturated carbocycles. The normalized spacial score (nSPS) is 11.4. The Morgan fingerprint density at radius 2 is 1.42 bits per heavy atom. The Kier molecular flexibility index (Phi) is 15.0. The molecule has 0 saturated heterocycles. The molecule has 0 aliphatic carbocycles. The van der Waals surface area contributed by atoms with Gasteiger partial charge >= 0.3 is 0 Å². The third-order valence-electron chi connectivity index (χ3n) is 5.04. The Morgan fingerprint density at radius 1 is 0.846 bits per heavy atom. The second-order valence-electron chi connectivity index (χ2n) is 7.47. The smallest absolute Gasteiger partial charge is 0.108 e. The van der Waals surface area contributed by atoms with E-state index in [1.165, 1.54) is 95.7 Å². The summed E-state index contributed by atoms with van der Waals surface area (Å²) >= 11 is 0. The molecule has 0 aliphatic heterocycles. The van der Waals surface area contributed by atoms with Crippen molar-refractivity contribution in [2.45, 2.75) is 110 Å². The van der Waals surface area contributed by atoms with Crippen LogP contribution in [0.2, 0.25) is 0 Å². The van der Waals surface area contributed by atoms with Crippen LogP contribution in [0.5, 0.6) is 0 Å². The van der Waals surface area contributed by atoms with Crippen LogP contribution in [0.1, 0.15) is 103 Å². The van der Waals surface area contributed by atoms with Gasteiger partial charge < -0.3 is 4.57 Å². The topological polar surface area (TPSA) is 17.8 Å². The van der Waals surface area contributed by atoms with Crippen LogP contribution >= 0.6 is 0 Å². The van der Waals surface area contributed by atoms with Crippen molar-refractivity contribution in [2.24, 2.45) is 0 Å². The maximum atomic E-state index is 4.45. The van der Waals surface area contributed by atoms with Crippen LogP contribution < -0.4 is 0 Å². The molecular formula is C24H42N2. The van der Waals surface area contributed by atoms with Gasteiger partial charge in [-0.2, -0.15) is 0 Å². The van der Waals surface area contributed by atoms with Gasteiger partial charge in [-0.05, 0) is 32.1 Å². The molecule has 0 aromatic carbocycles. The van der Waals surface area contributed by atoms with Crippen LogP contribution in [-0.4, -0.2) is 9.55 Å². The van der Waals surface area contributed by atoms with Gasteiger partial charge in [0.15, 0.2) is 0 Å². The molecule has 0 aliphatic rings. The van der Waals surface area contributed by atoms with Gasteiger partial charge in [-0.1, -0.05) is 82.9 Å². The Bertz CT molecular complexity index is 459. The van der Waals surface area contributed by atoms with Gasteiger partial charge in [0, 0.05) is 25.4 Å². The van der Waals surface area contributed by atoms with E-state index in [4.69, 9.17) is 0 Å². The van der Waals surface area contributed by atoms with Crippen molar-refractivity contribution < 1.29 is 0 Å². The van der Waals surface area contributed by atoms with Crippen molar-refractivity contribution in [2.75, 3.05) is 0 Å². The average Bonchev–Trinajstić information content (AvgIpc) is 3.09. The van der Waals surface area contributed by atoms with Crippen molar-refractivity contribution >= 4 is 0 Å². The largest absolute Gasteiger partial charge is 0.331 e. The SMILES string of the molecule is C=CCn1ccnc1CCCCCCCCC=CCCCCCCCC. The van der Waals surface area contributed by atoms with E-state index in [0.29, 0.717) is 0 Å². The second-order valence-corrected chi connectivity index (χ2v) is 7.47. The zero-order valence-electron chi connectivity index (χ0n) is 17.3. The number of nitrogens with zero attached hydrogens (tertiary/aromatic N) is 2. The third kappa shape index (κ3) is 12.1. The number of hydrogen-bond acceptors (Lipinski definition) is 1. The third-order valence-corrected chi connectivity index (χ3v) is 5.04. The molecule has 1 heterocycles. The molecule has 0 radical (unpaired) electrons. The molecule has 0 spiro atoms. The second kappa shape index (κ2) is 17.1. The monoisotopic (exact) mass is 358 g/mol. The van der Waals surface area contributed by atoms with E-state index in [1.54, 1.807) is 0 Å². The number of hydrogen-bond donors (Lipinski definition) is 0. The van der Waals surface area contributed by atoms with Gasteiger partial charge in [0.25, 0.3) is 0 Å². The lowest BCUT2D eigenvalue weighted by molar-refractivity contribution is 0.583. The minimum Gasteiger partial charge on any atom is -0.331 e. The Labute approximate surface area is 162 Å². The predicted molar refractivity (Wildman–Crippen MR) is 116 cm³/mol. The van der Waals surface area contributed by atoms with Gasteiger partial charge in [0.05, 0.1) is 0 Å². The van der Waals surface area contributed by atoms with Crippen molar-refractivity contribution in [1.82, 2.24) is 9.55 Å². The van der Waals surface area contributed by atoms with Gasteiger partial charge in [-0.15, -0.1) is 6.58 Å². The summed E-state index contributed by atoms with van der Waals surface area (Å²) < 4.78 is 2.20. The highest BCUT2D eigenvalue weighted by atomic mass is 15.0. The molecule has 0 unspecified atom stereocenters. The standard InChI is InChI=1S/C24H42N2/c1-3-5-6-7-8-9-10-11-12-13-14-15-16-17-18-19-20-24-25-21-23-26(24)22-4-2/h4,11-12,21,23H,2-3,5-10,13-20,22H2,1H3. The molecule has 0 bridgehead atoms. The molecule has 0 atom stereocenters. The summed E-state index contributed by atoms with van der Waals surface area (Å²) in [6.07, 6.45) is 30.8. The summed E-state index contributed by atoms with van der Waals surface area (Å²) in [6.45, 7) is 6.96. The molecule has 0 amide bonds. The first-order valence-corrected chi connectivity index (χ1v) is 11.1. The highest BCUT2D eigenvalue weighted by molar-refractivity contribution is 4.94. The van der Waals surface area contributed by atoms with Crippen molar-refractivity contribution in [3.05, 3.63) is 43.0 Å². The highest BCUT2D eigenvalue weighted by Crippen LogP contribution is 2.11. The summed E-state index contributed by atoms with van der Waals surface area (Å²) in [4.78, 5) is 4.45. The van der Waals surface area contributed by atoms with Gasteiger partial charge in [0.2, 0.25) is 0 Å². The molecule has 0 fully saturated rings. The van der Waals surface area contributed by atoms with Crippen LogP contribution in [0, 0.1) is 0 Å². The summed E-state index contributed by atoms with van der Waals surface area (Å²) in [6, 6.07) is 0. The van der Waals surface area contributed by atoms with Crippen molar-refractivity contribution in [3.8, 4) is 0 Å². The quantitative estimate of drug-likeness (QED) is 0.195. The van der Waals surface area contributed by atoms with Crippen LogP contribution in [0.4, 0.5) is 0 Å². The predicted octanol–water partition coefficient (Wildman–Crippen LogP) is 7.65. The molecular weight excluding hydrogens is 316 g/mol. The van der Waals surface area contributed by atoms with E-state index >= 15 is 0 Å². The molecule has 1 aromatic heterocycles. The molecule has 0 N–H and O–H groups in total. The zero-order chi connectivity index (χ0) is 18.7. The number of aromatic nitrogens is 2. The Balaban J connectivity index is 1.84. The zero-order valence-corrected chi connectivity index (χ0v) is 17.3. The van der Waals surface area contributed by atoms with E-state index < -0.39 is 0 Å². The van der Waals surface area contributed by atoms with E-state index in [0.717, 1.165) is 13.0 Å². The fraction of sp³-hybridized carbons (Fsp3) is 0.708. The van der Waals surface area contributed by atoms with E-state index in [-0.39, 0.29) is 0 Å².